The summed E-state index contributed by atoms with van der Waals surface area (Å²) in [4.78, 5) is 10.1. The average molecular weight is 512 g/mol. The van der Waals surface area contributed by atoms with Crippen LogP contribution in [-0.4, -0.2) is 48.3 Å². The van der Waals surface area contributed by atoms with Crippen molar-refractivity contribution in [2.24, 2.45) is 0 Å². The lowest BCUT2D eigenvalue weighted by Crippen LogP contribution is -2.26. The summed E-state index contributed by atoms with van der Waals surface area (Å²) in [6.45, 7) is 3.04. The van der Waals surface area contributed by atoms with E-state index in [9.17, 15) is 23.6 Å². The van der Waals surface area contributed by atoms with Gasteiger partial charge >= 0.3 is 0 Å². The molecule has 4 N–H and O–H groups in total. The van der Waals surface area contributed by atoms with Gasteiger partial charge in [-0.25, -0.2) is 8.42 Å². The lowest BCUT2D eigenvalue weighted by atomic mass is 10.1. The van der Waals surface area contributed by atoms with Crippen molar-refractivity contribution in [1.82, 2.24) is 15.5 Å². The molecule has 1 atom stereocenters. The van der Waals surface area contributed by atoms with E-state index in [2.05, 4.69) is 20.2 Å². The number of sulfonamides is 1. The van der Waals surface area contributed by atoms with Gasteiger partial charge in [0.1, 0.15) is 12.4 Å². The molecule has 4 rings (SSSR count). The molecule has 0 unspecified atom stereocenters. The van der Waals surface area contributed by atoms with Crippen molar-refractivity contribution in [3.8, 4) is 5.75 Å². The first kappa shape index (κ1) is 25.1. The van der Waals surface area contributed by atoms with Crippen LogP contribution in [0.4, 0.5) is 11.4 Å². The number of aromatic nitrogens is 2. The van der Waals surface area contributed by atoms with Crippen molar-refractivity contribution in [2.75, 3.05) is 24.4 Å². The number of ether oxygens (including phenoxy) is 1. The van der Waals surface area contributed by atoms with E-state index < -0.39 is 21.1 Å². The van der Waals surface area contributed by atoms with Crippen molar-refractivity contribution < 1.29 is 23.2 Å². The number of aliphatic hydroxyl groups excluding tert-OH is 1. The number of H-pyrrole nitrogens is 1. The van der Waals surface area contributed by atoms with Crippen LogP contribution in [0.1, 0.15) is 17.4 Å². The smallest absolute Gasteiger partial charge is 0.270 e. The van der Waals surface area contributed by atoms with Gasteiger partial charge < -0.3 is 15.2 Å². The first-order chi connectivity index (χ1) is 17.2. The Morgan fingerprint density at radius 3 is 2.75 bits per heavy atom. The fourth-order valence-corrected chi connectivity index (χ4v) is 4.69. The first-order valence-electron chi connectivity index (χ1n) is 11.1. The van der Waals surface area contributed by atoms with Gasteiger partial charge in [0.2, 0.25) is 0 Å². The Hall–Kier alpha value is -4.00. The van der Waals surface area contributed by atoms with Crippen LogP contribution in [0.3, 0.4) is 0 Å². The zero-order chi connectivity index (χ0) is 25.7. The molecule has 0 aliphatic heterocycles. The number of aryl methyl sites for hydroxylation is 1. The number of non-ortho nitro benzene ring substituents is 1. The maximum Gasteiger partial charge on any atom is 0.270 e. The minimum absolute atomic E-state index is 0.224. The van der Waals surface area contributed by atoms with Crippen molar-refractivity contribution >= 4 is 32.3 Å². The molecule has 4 aromatic rings. The molecule has 12 heteroatoms. The summed E-state index contributed by atoms with van der Waals surface area (Å²) < 4.78 is 33.5. The van der Waals surface area contributed by atoms with Crippen molar-refractivity contribution in [1.29, 1.82) is 0 Å². The fraction of sp³-hybridized carbons (Fsp3) is 0.208. The maximum atomic E-state index is 12.7. The average Bonchev–Trinajstić information content (AvgIpc) is 3.23. The highest BCUT2D eigenvalue weighted by molar-refractivity contribution is 7.92. The molecule has 188 valence electrons. The highest BCUT2D eigenvalue weighted by Gasteiger charge is 2.18. The lowest BCUT2D eigenvalue weighted by Gasteiger charge is -2.15. The van der Waals surface area contributed by atoms with E-state index in [1.165, 1.54) is 30.3 Å². The molecule has 0 spiro atoms. The van der Waals surface area contributed by atoms with E-state index in [-0.39, 0.29) is 22.8 Å². The van der Waals surface area contributed by atoms with E-state index >= 15 is 0 Å². The van der Waals surface area contributed by atoms with Crippen molar-refractivity contribution in [3.05, 3.63) is 88.1 Å². The van der Waals surface area contributed by atoms with Crippen LogP contribution in [0.2, 0.25) is 0 Å². The standard InChI is InChI=1S/C24H25N5O6S/c1-16-22-9-8-20(14-23(22)27-26-16)35-11-10-25-15-24(30)17-4-2-5-18(12-17)28-36(33,34)21-7-3-6-19(13-21)29(31)32/h2-9,12-14,24-25,28,30H,10-11,15H2,1H3,(H,26,27)/t24-/m0/s1. The number of benzene rings is 3. The topological polar surface area (TPSA) is 159 Å². The Kier molecular flexibility index (Phi) is 7.48. The Balaban J connectivity index is 1.29. The molecule has 0 amide bonds. The lowest BCUT2D eigenvalue weighted by molar-refractivity contribution is -0.385. The predicted octanol–water partition coefficient (Wildman–Crippen LogP) is 3.28. The van der Waals surface area contributed by atoms with Crippen LogP contribution in [0.15, 0.2) is 71.6 Å². The normalized spacial score (nSPS) is 12.4. The van der Waals surface area contributed by atoms with Crippen LogP contribution in [0.25, 0.3) is 10.9 Å². The van der Waals surface area contributed by atoms with Gasteiger partial charge in [0.25, 0.3) is 15.7 Å². The van der Waals surface area contributed by atoms with E-state index in [0.29, 0.717) is 24.5 Å². The molecule has 0 bridgehead atoms. The van der Waals surface area contributed by atoms with Gasteiger partial charge in [-0.05, 0) is 42.8 Å². The van der Waals surface area contributed by atoms with Gasteiger partial charge in [-0.3, -0.25) is 19.9 Å². The number of rotatable bonds is 11. The van der Waals surface area contributed by atoms with E-state index in [4.69, 9.17) is 4.74 Å². The number of aliphatic hydroxyl groups is 1. The second-order valence-electron chi connectivity index (χ2n) is 8.08. The van der Waals surface area contributed by atoms with Gasteiger partial charge in [-0.1, -0.05) is 18.2 Å². The van der Waals surface area contributed by atoms with E-state index in [0.717, 1.165) is 22.7 Å². The second-order valence-corrected chi connectivity index (χ2v) is 9.76. The van der Waals surface area contributed by atoms with Gasteiger partial charge in [-0.2, -0.15) is 5.10 Å². The zero-order valence-corrected chi connectivity index (χ0v) is 20.2. The number of nitrogens with one attached hydrogen (secondary N) is 3. The third-order valence-electron chi connectivity index (χ3n) is 5.46. The molecule has 11 nitrogen and oxygen atoms in total. The molecule has 0 aliphatic carbocycles. The maximum absolute atomic E-state index is 12.7. The zero-order valence-electron chi connectivity index (χ0n) is 19.3. The molecule has 0 aliphatic rings. The molecule has 3 aromatic carbocycles. The third kappa shape index (κ3) is 5.97. The van der Waals surface area contributed by atoms with Crippen LogP contribution in [0.5, 0.6) is 5.75 Å². The largest absolute Gasteiger partial charge is 0.492 e. The Morgan fingerprint density at radius 2 is 1.94 bits per heavy atom. The minimum Gasteiger partial charge on any atom is -0.492 e. The highest BCUT2D eigenvalue weighted by Crippen LogP contribution is 2.23. The van der Waals surface area contributed by atoms with Crippen LogP contribution >= 0.6 is 0 Å². The van der Waals surface area contributed by atoms with Crippen molar-refractivity contribution in [2.45, 2.75) is 17.9 Å². The van der Waals surface area contributed by atoms with Crippen molar-refractivity contribution in [3.63, 3.8) is 0 Å². The second kappa shape index (κ2) is 10.7. The molecular formula is C24H25N5O6S. The third-order valence-corrected chi connectivity index (χ3v) is 6.84. The number of fused-ring (bicyclic) bond motifs is 1. The quantitative estimate of drug-likeness (QED) is 0.136. The number of nitro groups is 1. The number of nitro benzene ring substituents is 1. The Labute approximate surface area is 207 Å². The van der Waals surface area contributed by atoms with Gasteiger partial charge in [-0.15, -0.1) is 0 Å². The highest BCUT2D eigenvalue weighted by atomic mass is 32.2. The van der Waals surface area contributed by atoms with Gasteiger partial charge in [0.05, 0.1) is 21.4 Å². The van der Waals surface area contributed by atoms with Gasteiger partial charge in [0, 0.05) is 48.1 Å². The van der Waals surface area contributed by atoms with Crippen LogP contribution in [-0.2, 0) is 10.0 Å². The minimum atomic E-state index is -4.05. The summed E-state index contributed by atoms with van der Waals surface area (Å²) in [7, 11) is -4.05. The monoisotopic (exact) mass is 511 g/mol. The summed E-state index contributed by atoms with van der Waals surface area (Å²) in [6.07, 6.45) is -0.893. The molecule has 1 aromatic heterocycles. The molecule has 36 heavy (non-hydrogen) atoms. The van der Waals surface area contributed by atoms with Crippen LogP contribution in [0, 0.1) is 17.0 Å². The molecule has 0 fully saturated rings. The molecule has 0 saturated carbocycles. The molecular weight excluding hydrogens is 486 g/mol. The summed E-state index contributed by atoms with van der Waals surface area (Å²) >= 11 is 0. The molecule has 0 radical (unpaired) electrons. The van der Waals surface area contributed by atoms with E-state index in [1.54, 1.807) is 12.1 Å². The predicted molar refractivity (Wildman–Crippen MR) is 135 cm³/mol. The number of nitrogens with zero attached hydrogens (tertiary/aromatic N) is 2. The summed E-state index contributed by atoms with van der Waals surface area (Å²) in [5.41, 5.74) is 2.23. The van der Waals surface area contributed by atoms with Gasteiger partial charge in [0.15, 0.2) is 0 Å². The summed E-state index contributed by atoms with van der Waals surface area (Å²) in [5, 5.41) is 32.8. The fourth-order valence-electron chi connectivity index (χ4n) is 3.60. The SMILES string of the molecule is Cc1[nH]nc2cc(OCCNC[C@H](O)c3cccc(NS(=O)(=O)c4cccc([N+](=O)[O-])c4)c3)ccc12. The Bertz CT molecular complexity index is 1490. The summed E-state index contributed by atoms with van der Waals surface area (Å²) in [6, 6.07) is 16.8. The molecule has 1 heterocycles. The number of anilines is 1. The Morgan fingerprint density at radius 1 is 1.14 bits per heavy atom. The summed E-state index contributed by atoms with van der Waals surface area (Å²) in [5.74, 6) is 0.695. The van der Waals surface area contributed by atoms with Crippen LogP contribution < -0.4 is 14.8 Å². The number of hydrogen-bond donors (Lipinski definition) is 4. The number of hydrogen-bond acceptors (Lipinski definition) is 8. The van der Waals surface area contributed by atoms with E-state index in [1.807, 2.05) is 25.1 Å². The number of aromatic amines is 1. The molecule has 0 saturated heterocycles. The first-order valence-corrected chi connectivity index (χ1v) is 12.5.